The summed E-state index contributed by atoms with van der Waals surface area (Å²) in [6.07, 6.45) is 1.13. The molecule has 0 bridgehead atoms. The number of rotatable bonds is 2. The van der Waals surface area contributed by atoms with E-state index < -0.39 is 0 Å². The van der Waals surface area contributed by atoms with Crippen LogP contribution in [-0.4, -0.2) is 26.2 Å². The fourth-order valence-electron chi connectivity index (χ4n) is 2.52. The molecule has 1 N–H and O–H groups in total. The lowest BCUT2D eigenvalue weighted by Gasteiger charge is -2.30. The van der Waals surface area contributed by atoms with E-state index >= 15 is 0 Å². The quantitative estimate of drug-likeness (QED) is 0.796. The molecule has 17 heavy (non-hydrogen) atoms. The average molecular weight is 233 g/mol. The molecule has 1 aromatic rings. The molecule has 3 heteroatoms. The van der Waals surface area contributed by atoms with Gasteiger partial charge in [0.2, 0.25) is 0 Å². The Morgan fingerprint density at radius 2 is 2.29 bits per heavy atom. The van der Waals surface area contributed by atoms with Crippen LogP contribution < -0.4 is 5.32 Å². The summed E-state index contributed by atoms with van der Waals surface area (Å²) in [5, 5.41) is 3.39. The minimum absolute atomic E-state index is 0.256. The van der Waals surface area contributed by atoms with Crippen molar-refractivity contribution in [3.05, 3.63) is 35.4 Å². The third-order valence-corrected chi connectivity index (χ3v) is 3.52. The number of ether oxygens (including phenoxy) is 1. The van der Waals surface area contributed by atoms with E-state index in [0.29, 0.717) is 17.4 Å². The molecule has 1 aromatic carbocycles. The van der Waals surface area contributed by atoms with Gasteiger partial charge in [0.1, 0.15) is 0 Å². The Hall–Kier alpha value is -1.35. The van der Waals surface area contributed by atoms with E-state index in [9.17, 15) is 4.79 Å². The van der Waals surface area contributed by atoms with Crippen molar-refractivity contribution in [1.82, 2.24) is 5.32 Å². The van der Waals surface area contributed by atoms with E-state index in [0.717, 1.165) is 19.5 Å². The molecule has 3 nitrogen and oxygen atoms in total. The van der Waals surface area contributed by atoms with Gasteiger partial charge in [-0.25, -0.2) is 4.79 Å². The van der Waals surface area contributed by atoms with Crippen LogP contribution >= 0.6 is 0 Å². The third-order valence-electron chi connectivity index (χ3n) is 3.52. The van der Waals surface area contributed by atoms with Crippen LogP contribution in [0.1, 0.15) is 35.2 Å². The van der Waals surface area contributed by atoms with Crippen molar-refractivity contribution in [2.24, 2.45) is 5.92 Å². The highest BCUT2D eigenvalue weighted by molar-refractivity contribution is 5.89. The number of esters is 1. The number of benzene rings is 1. The summed E-state index contributed by atoms with van der Waals surface area (Å²) in [5.74, 6) is 0.894. The lowest BCUT2D eigenvalue weighted by Crippen LogP contribution is -2.33. The summed E-state index contributed by atoms with van der Waals surface area (Å²) in [6.45, 7) is 4.35. The van der Waals surface area contributed by atoms with Crippen LogP contribution in [0.15, 0.2) is 24.3 Å². The van der Waals surface area contributed by atoms with Crippen molar-refractivity contribution < 1.29 is 9.53 Å². The van der Waals surface area contributed by atoms with Crippen molar-refractivity contribution >= 4 is 5.97 Å². The number of hydrogen-bond donors (Lipinski definition) is 1. The Kier molecular flexibility index (Phi) is 3.79. The lowest BCUT2D eigenvalue weighted by atomic mass is 9.82. The maximum Gasteiger partial charge on any atom is 0.337 e. The monoisotopic (exact) mass is 233 g/mol. The Morgan fingerprint density at radius 1 is 1.47 bits per heavy atom. The van der Waals surface area contributed by atoms with Crippen LogP contribution in [0, 0.1) is 5.92 Å². The average Bonchev–Trinajstić information content (AvgIpc) is 2.38. The molecule has 0 aromatic heterocycles. The smallest absolute Gasteiger partial charge is 0.337 e. The Morgan fingerprint density at radius 3 is 3.00 bits per heavy atom. The van der Waals surface area contributed by atoms with Gasteiger partial charge in [0.05, 0.1) is 12.7 Å². The molecule has 0 unspecified atom stereocenters. The highest BCUT2D eigenvalue weighted by Crippen LogP contribution is 2.30. The Balaban J connectivity index is 2.23. The standard InChI is InChI=1S/C14H19NO2/c1-10-9-15-7-6-13(10)11-4-3-5-12(8-11)14(16)17-2/h3-5,8,10,13,15H,6-7,9H2,1-2H3/t10-,13-/m0/s1. The predicted molar refractivity (Wildman–Crippen MR) is 67.2 cm³/mol. The highest BCUT2D eigenvalue weighted by Gasteiger charge is 2.23. The number of methoxy groups -OCH3 is 1. The summed E-state index contributed by atoms with van der Waals surface area (Å²) in [5.41, 5.74) is 1.90. The van der Waals surface area contributed by atoms with Crippen LogP contribution in [0.3, 0.4) is 0 Å². The predicted octanol–water partition coefficient (Wildman–Crippen LogP) is 2.19. The third kappa shape index (κ3) is 2.67. The van der Waals surface area contributed by atoms with Crippen LogP contribution in [-0.2, 0) is 4.74 Å². The van der Waals surface area contributed by atoms with Gasteiger partial charge in [0, 0.05) is 0 Å². The molecule has 1 heterocycles. The van der Waals surface area contributed by atoms with E-state index in [4.69, 9.17) is 4.74 Å². The van der Waals surface area contributed by atoms with E-state index in [1.807, 2.05) is 12.1 Å². The van der Waals surface area contributed by atoms with Crippen molar-refractivity contribution in [2.45, 2.75) is 19.3 Å². The first kappa shape index (κ1) is 12.1. The van der Waals surface area contributed by atoms with Crippen LogP contribution in [0.4, 0.5) is 0 Å². The first-order valence-corrected chi connectivity index (χ1v) is 6.11. The molecule has 0 radical (unpaired) electrons. The molecule has 0 amide bonds. The van der Waals surface area contributed by atoms with Crippen molar-refractivity contribution in [1.29, 1.82) is 0 Å². The van der Waals surface area contributed by atoms with Crippen LogP contribution in [0.2, 0.25) is 0 Å². The second-order valence-corrected chi connectivity index (χ2v) is 4.69. The second kappa shape index (κ2) is 5.32. The van der Waals surface area contributed by atoms with Crippen LogP contribution in [0.5, 0.6) is 0 Å². The minimum Gasteiger partial charge on any atom is -0.465 e. The largest absolute Gasteiger partial charge is 0.465 e. The number of hydrogen-bond acceptors (Lipinski definition) is 3. The summed E-state index contributed by atoms with van der Waals surface area (Å²) in [4.78, 5) is 11.5. The number of piperidine rings is 1. The summed E-state index contributed by atoms with van der Waals surface area (Å²) in [6, 6.07) is 7.83. The summed E-state index contributed by atoms with van der Waals surface area (Å²) in [7, 11) is 1.42. The molecule has 0 aliphatic carbocycles. The zero-order valence-corrected chi connectivity index (χ0v) is 10.4. The molecule has 2 rings (SSSR count). The molecule has 1 fully saturated rings. The summed E-state index contributed by atoms with van der Waals surface area (Å²) < 4.78 is 4.75. The zero-order chi connectivity index (χ0) is 12.3. The van der Waals surface area contributed by atoms with Gasteiger partial charge < -0.3 is 10.1 Å². The fourth-order valence-corrected chi connectivity index (χ4v) is 2.52. The first-order valence-electron chi connectivity index (χ1n) is 6.11. The molecule has 1 saturated heterocycles. The van der Waals surface area contributed by atoms with Gasteiger partial charge in [-0.15, -0.1) is 0 Å². The Bertz CT molecular complexity index is 403. The summed E-state index contributed by atoms with van der Waals surface area (Å²) >= 11 is 0. The minimum atomic E-state index is -0.256. The van der Waals surface area contributed by atoms with Gasteiger partial charge in [-0.3, -0.25) is 0 Å². The van der Waals surface area contributed by atoms with Gasteiger partial charge in [0.25, 0.3) is 0 Å². The van der Waals surface area contributed by atoms with Crippen molar-refractivity contribution in [3.63, 3.8) is 0 Å². The van der Waals surface area contributed by atoms with E-state index in [2.05, 4.69) is 18.3 Å². The van der Waals surface area contributed by atoms with Gasteiger partial charge in [0.15, 0.2) is 0 Å². The lowest BCUT2D eigenvalue weighted by molar-refractivity contribution is 0.0600. The van der Waals surface area contributed by atoms with Gasteiger partial charge >= 0.3 is 5.97 Å². The van der Waals surface area contributed by atoms with Crippen molar-refractivity contribution in [3.8, 4) is 0 Å². The molecule has 1 aliphatic rings. The number of carbonyl (C=O) groups excluding carboxylic acids is 1. The molecular formula is C14H19NO2. The zero-order valence-electron chi connectivity index (χ0n) is 10.4. The first-order chi connectivity index (χ1) is 8.22. The van der Waals surface area contributed by atoms with Crippen LogP contribution in [0.25, 0.3) is 0 Å². The second-order valence-electron chi connectivity index (χ2n) is 4.69. The van der Waals surface area contributed by atoms with E-state index in [-0.39, 0.29) is 5.97 Å². The van der Waals surface area contributed by atoms with Crippen molar-refractivity contribution in [2.75, 3.05) is 20.2 Å². The molecular weight excluding hydrogens is 214 g/mol. The van der Waals surface area contributed by atoms with Gasteiger partial charge in [-0.1, -0.05) is 19.1 Å². The molecule has 92 valence electrons. The molecule has 1 aliphatic heterocycles. The van der Waals surface area contributed by atoms with E-state index in [1.165, 1.54) is 12.7 Å². The Labute approximate surface area is 102 Å². The molecule has 0 spiro atoms. The number of nitrogens with one attached hydrogen (secondary N) is 1. The topological polar surface area (TPSA) is 38.3 Å². The van der Waals surface area contributed by atoms with Gasteiger partial charge in [-0.05, 0) is 49.0 Å². The molecule has 0 saturated carbocycles. The van der Waals surface area contributed by atoms with Gasteiger partial charge in [-0.2, -0.15) is 0 Å². The maximum atomic E-state index is 11.5. The SMILES string of the molecule is COC(=O)c1cccc([C@H]2CCNC[C@@H]2C)c1. The normalized spacial score (nSPS) is 24.4. The van der Waals surface area contributed by atoms with E-state index in [1.54, 1.807) is 6.07 Å². The fraction of sp³-hybridized carbons (Fsp3) is 0.500. The maximum absolute atomic E-state index is 11.5. The molecule has 2 atom stereocenters. The highest BCUT2D eigenvalue weighted by atomic mass is 16.5. The number of carbonyl (C=O) groups is 1.